The molecule has 1 aromatic rings. The first kappa shape index (κ1) is 19.1. The fourth-order valence-electron chi connectivity index (χ4n) is 2.41. The van der Waals surface area contributed by atoms with E-state index in [1.165, 1.54) is 6.07 Å². The molecule has 1 atom stereocenters. The third-order valence-electron chi connectivity index (χ3n) is 4.23. The predicted octanol–water partition coefficient (Wildman–Crippen LogP) is 4.45. The highest BCUT2D eigenvalue weighted by Crippen LogP contribution is 2.38. The van der Waals surface area contributed by atoms with Gasteiger partial charge in [0.1, 0.15) is 0 Å². The van der Waals surface area contributed by atoms with Crippen LogP contribution < -0.4 is 9.88 Å². The van der Waals surface area contributed by atoms with Gasteiger partial charge in [-0.05, 0) is 61.3 Å². The van der Waals surface area contributed by atoms with Crippen molar-refractivity contribution in [3.05, 3.63) is 35.7 Å². The Kier molecular flexibility index (Phi) is 5.55. The number of hydrogen-bond donors (Lipinski definition) is 1. The summed E-state index contributed by atoms with van der Waals surface area (Å²) in [7, 11) is -1.50. The molecule has 0 saturated heterocycles. The molecule has 1 aromatic carbocycles. The smallest absolute Gasteiger partial charge is 0.165 e. The summed E-state index contributed by atoms with van der Waals surface area (Å²) >= 11 is 0. The van der Waals surface area contributed by atoms with E-state index in [1.807, 2.05) is 19.9 Å². The minimum Gasteiger partial charge on any atom is -0.490 e. The zero-order chi connectivity index (χ0) is 18.1. The van der Waals surface area contributed by atoms with Crippen LogP contribution >= 0.6 is 0 Å². The third-order valence-corrected chi connectivity index (χ3v) is 5.39. The Bertz CT molecular complexity index is 658. The lowest BCUT2D eigenvalue weighted by Crippen LogP contribution is -2.31. The molecule has 2 N–H and O–H groups in total. The Morgan fingerprint density at radius 3 is 2.46 bits per heavy atom. The van der Waals surface area contributed by atoms with Crippen molar-refractivity contribution < 1.29 is 13.3 Å². The average Bonchev–Trinajstić information content (AvgIpc) is 3.27. The van der Waals surface area contributed by atoms with Crippen LogP contribution in [0.5, 0.6) is 5.75 Å². The number of nitrogens with two attached hydrogens (primary N) is 1. The van der Waals surface area contributed by atoms with Gasteiger partial charge in [-0.15, -0.1) is 0 Å². The lowest BCUT2D eigenvalue weighted by atomic mass is 9.80. The van der Waals surface area contributed by atoms with Crippen LogP contribution in [0.15, 0.2) is 24.3 Å². The zero-order valence-electron chi connectivity index (χ0n) is 15.2. The summed E-state index contributed by atoms with van der Waals surface area (Å²) in [6.07, 6.45) is 4.25. The SMILES string of the molecule is CC(C)(C)C(=CC(C)(C)S(N)=O)c1ccc(F)c(OCC2CC2)c1. The van der Waals surface area contributed by atoms with Crippen LogP contribution in [-0.2, 0) is 11.0 Å². The molecule has 5 heteroatoms. The molecule has 0 aromatic heterocycles. The van der Waals surface area contributed by atoms with Crippen molar-refractivity contribution in [2.75, 3.05) is 6.61 Å². The standard InChI is InChI=1S/C19H28FNO2S/c1-18(2,3)15(11-19(4,5)24(21)22)14-8-9-16(20)17(10-14)23-12-13-6-7-13/h8-11,13H,6-7,12,21H2,1-5H3. The first-order chi connectivity index (χ1) is 11.0. The number of ether oxygens (including phenoxy) is 1. The van der Waals surface area contributed by atoms with E-state index in [0.717, 1.165) is 24.0 Å². The van der Waals surface area contributed by atoms with E-state index in [4.69, 9.17) is 9.88 Å². The van der Waals surface area contributed by atoms with E-state index in [9.17, 15) is 8.60 Å². The molecule has 24 heavy (non-hydrogen) atoms. The van der Waals surface area contributed by atoms with Gasteiger partial charge in [0, 0.05) is 0 Å². The van der Waals surface area contributed by atoms with E-state index < -0.39 is 15.7 Å². The summed E-state index contributed by atoms with van der Waals surface area (Å²) in [6, 6.07) is 4.92. The average molecular weight is 354 g/mol. The van der Waals surface area contributed by atoms with E-state index >= 15 is 0 Å². The van der Waals surface area contributed by atoms with Crippen LogP contribution in [0, 0.1) is 17.2 Å². The second kappa shape index (κ2) is 6.96. The van der Waals surface area contributed by atoms with Gasteiger partial charge in [-0.2, -0.15) is 0 Å². The molecule has 1 saturated carbocycles. The maximum atomic E-state index is 14.1. The van der Waals surface area contributed by atoms with Gasteiger partial charge < -0.3 is 4.74 Å². The molecule has 0 spiro atoms. The van der Waals surface area contributed by atoms with E-state index in [0.29, 0.717) is 12.5 Å². The largest absolute Gasteiger partial charge is 0.490 e. The molecule has 2 rings (SSSR count). The van der Waals surface area contributed by atoms with E-state index in [2.05, 4.69) is 20.8 Å². The van der Waals surface area contributed by atoms with Crippen LogP contribution in [0.4, 0.5) is 4.39 Å². The van der Waals surface area contributed by atoms with Gasteiger partial charge >= 0.3 is 0 Å². The molecule has 1 aliphatic rings. The Morgan fingerprint density at radius 1 is 1.33 bits per heavy atom. The Balaban J connectivity index is 2.41. The highest BCUT2D eigenvalue weighted by atomic mass is 32.2. The van der Waals surface area contributed by atoms with Crippen molar-refractivity contribution in [2.45, 2.75) is 52.2 Å². The lowest BCUT2D eigenvalue weighted by molar-refractivity contribution is 0.285. The molecule has 0 heterocycles. The number of benzene rings is 1. The Hall–Kier alpha value is -1.20. The van der Waals surface area contributed by atoms with Crippen LogP contribution in [0.1, 0.15) is 53.0 Å². The molecular formula is C19H28FNO2S. The molecule has 0 amide bonds. The van der Waals surface area contributed by atoms with Gasteiger partial charge in [0.2, 0.25) is 0 Å². The number of allylic oxidation sites excluding steroid dienone is 1. The number of halogens is 1. The highest BCUT2D eigenvalue weighted by Gasteiger charge is 2.28. The maximum Gasteiger partial charge on any atom is 0.165 e. The summed E-state index contributed by atoms with van der Waals surface area (Å²) in [5.74, 6) is 0.486. The van der Waals surface area contributed by atoms with Crippen molar-refractivity contribution in [2.24, 2.45) is 16.5 Å². The fraction of sp³-hybridized carbons (Fsp3) is 0.579. The van der Waals surface area contributed by atoms with Gasteiger partial charge in [-0.1, -0.05) is 32.9 Å². The van der Waals surface area contributed by atoms with Crippen LogP contribution in [0.3, 0.4) is 0 Å². The van der Waals surface area contributed by atoms with Gasteiger partial charge in [0.05, 0.1) is 22.3 Å². The molecule has 134 valence electrons. The molecular weight excluding hydrogens is 325 g/mol. The first-order valence-corrected chi connectivity index (χ1v) is 9.54. The van der Waals surface area contributed by atoms with Crippen molar-refractivity contribution in [1.29, 1.82) is 0 Å². The fourth-order valence-corrected chi connectivity index (χ4v) is 2.65. The second-order valence-electron chi connectivity index (χ2n) is 8.11. The summed E-state index contributed by atoms with van der Waals surface area (Å²) < 4.78 is 30.9. The molecule has 1 aliphatic carbocycles. The predicted molar refractivity (Wildman–Crippen MR) is 98.5 cm³/mol. The quantitative estimate of drug-likeness (QED) is 0.822. The Labute approximate surface area is 147 Å². The van der Waals surface area contributed by atoms with E-state index in [1.54, 1.807) is 12.1 Å². The molecule has 0 aliphatic heterocycles. The minimum absolute atomic E-state index is 0.206. The maximum absolute atomic E-state index is 14.1. The first-order valence-electron chi connectivity index (χ1n) is 8.33. The molecule has 0 radical (unpaired) electrons. The molecule has 0 bridgehead atoms. The molecule has 3 nitrogen and oxygen atoms in total. The number of hydrogen-bond acceptors (Lipinski definition) is 2. The van der Waals surface area contributed by atoms with Crippen molar-refractivity contribution in [3.8, 4) is 5.75 Å². The zero-order valence-corrected chi connectivity index (χ0v) is 16.0. The lowest BCUT2D eigenvalue weighted by Gasteiger charge is -2.28. The van der Waals surface area contributed by atoms with Crippen molar-refractivity contribution >= 4 is 16.6 Å². The minimum atomic E-state index is -1.50. The van der Waals surface area contributed by atoms with Gasteiger partial charge in [0.15, 0.2) is 11.6 Å². The van der Waals surface area contributed by atoms with Gasteiger partial charge in [-0.25, -0.2) is 8.60 Å². The summed E-state index contributed by atoms with van der Waals surface area (Å²) in [6.45, 7) is 10.5. The second-order valence-corrected chi connectivity index (χ2v) is 9.76. The topological polar surface area (TPSA) is 52.3 Å². The summed E-state index contributed by atoms with van der Waals surface area (Å²) in [5.41, 5.74) is 1.64. The summed E-state index contributed by atoms with van der Waals surface area (Å²) in [4.78, 5) is 0. The Morgan fingerprint density at radius 2 is 1.96 bits per heavy atom. The van der Waals surface area contributed by atoms with E-state index in [-0.39, 0.29) is 17.0 Å². The van der Waals surface area contributed by atoms with Crippen molar-refractivity contribution in [3.63, 3.8) is 0 Å². The molecule has 1 fully saturated rings. The highest BCUT2D eigenvalue weighted by molar-refractivity contribution is 7.84. The summed E-state index contributed by atoms with van der Waals surface area (Å²) in [5, 5.41) is 5.62. The van der Waals surface area contributed by atoms with Crippen LogP contribution in [-0.4, -0.2) is 15.6 Å². The molecule has 1 unspecified atom stereocenters. The van der Waals surface area contributed by atoms with Gasteiger partial charge in [0.25, 0.3) is 0 Å². The normalized spacial score (nSPS) is 17.7. The van der Waals surface area contributed by atoms with Crippen molar-refractivity contribution in [1.82, 2.24) is 0 Å². The van der Waals surface area contributed by atoms with Crippen LogP contribution in [0.25, 0.3) is 5.57 Å². The van der Waals surface area contributed by atoms with Crippen LogP contribution in [0.2, 0.25) is 0 Å². The monoisotopic (exact) mass is 353 g/mol. The number of rotatable bonds is 6. The van der Waals surface area contributed by atoms with Gasteiger partial charge in [-0.3, -0.25) is 5.14 Å². The third kappa shape index (κ3) is 4.90.